The van der Waals surface area contributed by atoms with Gasteiger partial charge in [0.2, 0.25) is 11.8 Å². The van der Waals surface area contributed by atoms with Gasteiger partial charge in [-0.3, -0.25) is 39.3 Å². The van der Waals surface area contributed by atoms with E-state index in [2.05, 4.69) is 59.9 Å². The molecule has 0 radical (unpaired) electrons. The van der Waals surface area contributed by atoms with Crippen molar-refractivity contribution in [2.45, 2.75) is 51.1 Å². The molecular formula is C38H43N7O4. The molecule has 0 spiro atoms. The normalized spacial score (nSPS) is 21.3. The fourth-order valence-corrected chi connectivity index (χ4v) is 8.34. The summed E-state index contributed by atoms with van der Waals surface area (Å²) in [6, 6.07) is 15.3. The lowest BCUT2D eigenvalue weighted by Gasteiger charge is -2.37. The van der Waals surface area contributed by atoms with E-state index in [-0.39, 0.29) is 18.7 Å². The molecule has 1 atom stereocenters. The van der Waals surface area contributed by atoms with Gasteiger partial charge < -0.3 is 14.4 Å². The van der Waals surface area contributed by atoms with Crippen LogP contribution in [0, 0.1) is 5.92 Å². The molecule has 1 N–H and O–H groups in total. The number of pyridine rings is 1. The zero-order valence-electron chi connectivity index (χ0n) is 27.9. The SMILES string of the molecule is O=C1CCC(N2C(=O)c3ccc(N4CCN(CCC5CCN(CCCn6c7ccccc7c7ccncc76)CC5)CC4)cc3C2=O)C(=O)N1. The highest BCUT2D eigenvalue weighted by atomic mass is 16.2. The summed E-state index contributed by atoms with van der Waals surface area (Å²) >= 11 is 0. The van der Waals surface area contributed by atoms with Gasteiger partial charge in [-0.2, -0.15) is 0 Å². The van der Waals surface area contributed by atoms with Crippen LogP contribution in [0.5, 0.6) is 0 Å². The molecular weight excluding hydrogens is 618 g/mol. The van der Waals surface area contributed by atoms with E-state index in [0.29, 0.717) is 11.1 Å². The Morgan fingerprint density at radius 2 is 1.49 bits per heavy atom. The van der Waals surface area contributed by atoms with Gasteiger partial charge >= 0.3 is 0 Å². The van der Waals surface area contributed by atoms with Crippen molar-refractivity contribution < 1.29 is 19.2 Å². The number of nitrogens with zero attached hydrogens (tertiary/aromatic N) is 6. The van der Waals surface area contributed by atoms with Gasteiger partial charge in [0.15, 0.2) is 0 Å². The molecule has 6 heterocycles. The number of piperazine rings is 1. The molecule has 49 heavy (non-hydrogen) atoms. The summed E-state index contributed by atoms with van der Waals surface area (Å²) < 4.78 is 2.44. The number of rotatable bonds is 9. The maximum Gasteiger partial charge on any atom is 0.262 e. The third-order valence-electron chi connectivity index (χ3n) is 11.2. The second kappa shape index (κ2) is 13.4. The van der Waals surface area contributed by atoms with Crippen LogP contribution >= 0.6 is 0 Å². The molecule has 0 bridgehead atoms. The van der Waals surface area contributed by atoms with E-state index < -0.39 is 23.8 Å². The van der Waals surface area contributed by atoms with E-state index in [1.165, 1.54) is 54.2 Å². The number of fused-ring (bicyclic) bond motifs is 4. The molecule has 4 aliphatic rings. The molecule has 11 heteroatoms. The molecule has 2 aromatic carbocycles. The lowest BCUT2D eigenvalue weighted by molar-refractivity contribution is -0.136. The Labute approximate surface area is 285 Å². The minimum absolute atomic E-state index is 0.113. The summed E-state index contributed by atoms with van der Waals surface area (Å²) in [4.78, 5) is 63.2. The number of benzene rings is 2. The first-order valence-corrected chi connectivity index (χ1v) is 17.8. The number of imide groups is 2. The van der Waals surface area contributed by atoms with Gasteiger partial charge in [0.25, 0.3) is 11.8 Å². The van der Waals surface area contributed by atoms with E-state index in [1.807, 2.05) is 18.5 Å². The summed E-state index contributed by atoms with van der Waals surface area (Å²) in [5, 5.41) is 4.84. The number of para-hydroxylation sites is 1. The molecule has 2 aromatic heterocycles. The molecule has 4 aliphatic heterocycles. The van der Waals surface area contributed by atoms with Crippen molar-refractivity contribution in [3.05, 3.63) is 72.1 Å². The molecule has 0 saturated carbocycles. The Morgan fingerprint density at radius 3 is 2.31 bits per heavy atom. The van der Waals surface area contributed by atoms with E-state index in [1.54, 1.807) is 12.1 Å². The van der Waals surface area contributed by atoms with Crippen LogP contribution < -0.4 is 10.2 Å². The number of aryl methyl sites for hydroxylation is 1. The zero-order valence-corrected chi connectivity index (χ0v) is 27.9. The highest BCUT2D eigenvalue weighted by molar-refractivity contribution is 6.23. The van der Waals surface area contributed by atoms with Crippen molar-refractivity contribution in [2.75, 3.05) is 57.3 Å². The number of amides is 4. The number of anilines is 1. The van der Waals surface area contributed by atoms with Gasteiger partial charge in [0.05, 0.1) is 22.8 Å². The van der Waals surface area contributed by atoms with Crippen molar-refractivity contribution >= 4 is 51.1 Å². The van der Waals surface area contributed by atoms with Crippen LogP contribution in [0.1, 0.15) is 59.2 Å². The molecule has 3 saturated heterocycles. The Balaban J connectivity index is 0.778. The Kier molecular flexibility index (Phi) is 8.63. The number of carbonyl (C=O) groups is 4. The predicted molar refractivity (Wildman–Crippen MR) is 187 cm³/mol. The van der Waals surface area contributed by atoms with Crippen LogP contribution in [-0.4, -0.2) is 106 Å². The number of likely N-dealkylation sites (tertiary alicyclic amines) is 1. The van der Waals surface area contributed by atoms with Gasteiger partial charge in [0, 0.05) is 67.3 Å². The largest absolute Gasteiger partial charge is 0.369 e. The second-order valence-corrected chi connectivity index (χ2v) is 14.0. The monoisotopic (exact) mass is 661 g/mol. The Hall–Kier alpha value is -4.61. The first-order chi connectivity index (χ1) is 23.9. The fraction of sp³-hybridized carbons (Fsp3) is 0.447. The topological polar surface area (TPSA) is 111 Å². The first kappa shape index (κ1) is 31.6. The average Bonchev–Trinajstić information content (AvgIpc) is 3.58. The van der Waals surface area contributed by atoms with Crippen LogP contribution in [0.2, 0.25) is 0 Å². The number of aromatic nitrogens is 2. The van der Waals surface area contributed by atoms with Crippen molar-refractivity contribution in [2.24, 2.45) is 5.92 Å². The highest BCUT2D eigenvalue weighted by Gasteiger charge is 2.44. The number of nitrogens with one attached hydrogen (secondary N) is 1. The number of carbonyl (C=O) groups excluding carboxylic acids is 4. The maximum absolute atomic E-state index is 13.3. The highest BCUT2D eigenvalue weighted by Crippen LogP contribution is 2.32. The van der Waals surface area contributed by atoms with Gasteiger partial charge in [-0.15, -0.1) is 0 Å². The first-order valence-electron chi connectivity index (χ1n) is 17.8. The fourth-order valence-electron chi connectivity index (χ4n) is 8.34. The summed E-state index contributed by atoms with van der Waals surface area (Å²) in [6.45, 7) is 9.23. The van der Waals surface area contributed by atoms with Gasteiger partial charge in [-0.05, 0) is 94.5 Å². The van der Waals surface area contributed by atoms with Gasteiger partial charge in [0.1, 0.15) is 6.04 Å². The smallest absolute Gasteiger partial charge is 0.262 e. The third-order valence-corrected chi connectivity index (χ3v) is 11.2. The molecule has 4 amide bonds. The van der Waals surface area contributed by atoms with E-state index in [0.717, 1.165) is 68.7 Å². The molecule has 0 aliphatic carbocycles. The quantitative estimate of drug-likeness (QED) is 0.269. The number of piperidine rings is 2. The second-order valence-electron chi connectivity index (χ2n) is 14.0. The van der Waals surface area contributed by atoms with Crippen molar-refractivity contribution in [1.82, 2.24) is 29.6 Å². The lowest BCUT2D eigenvalue weighted by atomic mass is 9.93. The van der Waals surface area contributed by atoms with Crippen LogP contribution in [0.15, 0.2) is 60.9 Å². The third kappa shape index (κ3) is 6.10. The van der Waals surface area contributed by atoms with Crippen molar-refractivity contribution in [3.63, 3.8) is 0 Å². The van der Waals surface area contributed by atoms with E-state index in [4.69, 9.17) is 0 Å². The Bertz CT molecular complexity index is 1870. The molecule has 8 rings (SSSR count). The van der Waals surface area contributed by atoms with E-state index in [9.17, 15) is 19.2 Å². The number of hydrogen-bond donors (Lipinski definition) is 1. The summed E-state index contributed by atoms with van der Waals surface area (Å²) in [5.41, 5.74) is 4.10. The van der Waals surface area contributed by atoms with Crippen molar-refractivity contribution in [3.8, 4) is 0 Å². The zero-order chi connectivity index (χ0) is 33.5. The Morgan fingerprint density at radius 1 is 0.735 bits per heavy atom. The van der Waals surface area contributed by atoms with Crippen LogP contribution in [0.4, 0.5) is 5.69 Å². The molecule has 254 valence electrons. The molecule has 3 fully saturated rings. The minimum Gasteiger partial charge on any atom is -0.369 e. The average molecular weight is 662 g/mol. The number of hydrogen-bond acceptors (Lipinski definition) is 8. The lowest BCUT2D eigenvalue weighted by Crippen LogP contribution is -2.54. The van der Waals surface area contributed by atoms with Crippen LogP contribution in [-0.2, 0) is 16.1 Å². The molecule has 4 aromatic rings. The minimum atomic E-state index is -0.945. The standard InChI is InChI=1S/C38H43N7O4/c46-35-9-8-33(36(47)40-35)45-37(48)30-7-6-27(24-31(30)38(45)49)43-22-20-42(21-23-43)19-13-26-11-17-41(18-12-26)15-3-16-44-32-5-2-1-4-28(32)29-10-14-39-25-34(29)44/h1-2,4-7,10,14,24-26,33H,3,8-9,11-13,15-23H2,(H,40,46,47). The van der Waals surface area contributed by atoms with Crippen molar-refractivity contribution in [1.29, 1.82) is 0 Å². The van der Waals surface area contributed by atoms with Crippen LogP contribution in [0.25, 0.3) is 21.8 Å². The predicted octanol–water partition coefficient (Wildman–Crippen LogP) is 3.91. The van der Waals surface area contributed by atoms with Gasteiger partial charge in [-0.25, -0.2) is 0 Å². The maximum atomic E-state index is 13.3. The summed E-state index contributed by atoms with van der Waals surface area (Å²) in [5.74, 6) is -1.11. The molecule has 11 nitrogen and oxygen atoms in total. The van der Waals surface area contributed by atoms with E-state index >= 15 is 0 Å². The molecule has 1 unspecified atom stereocenters. The summed E-state index contributed by atoms with van der Waals surface area (Å²) in [7, 11) is 0. The van der Waals surface area contributed by atoms with Crippen LogP contribution in [0.3, 0.4) is 0 Å². The van der Waals surface area contributed by atoms with Gasteiger partial charge in [-0.1, -0.05) is 18.2 Å². The summed E-state index contributed by atoms with van der Waals surface area (Å²) in [6.07, 6.45) is 9.04.